The van der Waals surface area contributed by atoms with Crippen LogP contribution in [0.4, 0.5) is 11.6 Å². The molecule has 0 unspecified atom stereocenters. The van der Waals surface area contributed by atoms with Gasteiger partial charge in [-0.3, -0.25) is 4.79 Å². The molecule has 0 aliphatic carbocycles. The minimum absolute atomic E-state index is 0.0258. The number of likely N-dealkylation sites (N-methyl/N-ethyl adjacent to an activating group) is 1. The van der Waals surface area contributed by atoms with Crippen LogP contribution in [0.3, 0.4) is 0 Å². The average Bonchev–Trinajstić information content (AvgIpc) is 3.23. The maximum atomic E-state index is 13.0. The fourth-order valence-electron chi connectivity index (χ4n) is 4.13. The summed E-state index contributed by atoms with van der Waals surface area (Å²) in [6, 6.07) is 10.00. The van der Waals surface area contributed by atoms with Gasteiger partial charge in [0.2, 0.25) is 0 Å². The predicted molar refractivity (Wildman–Crippen MR) is 124 cm³/mol. The normalized spacial score (nSPS) is 18.1. The molecule has 0 atom stereocenters. The van der Waals surface area contributed by atoms with Crippen LogP contribution in [0.25, 0.3) is 10.2 Å². The number of aryl methyl sites for hydroxylation is 1. The lowest BCUT2D eigenvalue weighted by Gasteiger charge is -2.36. The Morgan fingerprint density at radius 1 is 0.871 bits per heavy atom. The summed E-state index contributed by atoms with van der Waals surface area (Å²) in [5.74, 6) is 2.77. The molecule has 0 radical (unpaired) electrons. The molecule has 3 aromatic rings. The van der Waals surface area contributed by atoms with Gasteiger partial charge in [-0.1, -0.05) is 12.1 Å². The Labute approximate surface area is 186 Å². The monoisotopic (exact) mass is 437 g/mol. The standard InChI is InChI=1S/C22H27N7OS/c1-16-23-19(27-9-7-26(2)8-10-27)15-20(24-16)28-11-13-29(14-12-28)22(30)21-25-17-5-3-4-6-18(17)31-21/h3-6,15H,7-14H2,1-2H3. The van der Waals surface area contributed by atoms with Gasteiger partial charge in [-0.2, -0.15) is 0 Å². The third kappa shape index (κ3) is 4.20. The first-order valence-electron chi connectivity index (χ1n) is 10.8. The van der Waals surface area contributed by atoms with E-state index in [4.69, 9.17) is 0 Å². The topological polar surface area (TPSA) is 68.7 Å². The van der Waals surface area contributed by atoms with Crippen molar-refractivity contribution in [3.8, 4) is 0 Å². The fourth-order valence-corrected chi connectivity index (χ4v) is 5.07. The number of rotatable bonds is 3. The van der Waals surface area contributed by atoms with E-state index in [2.05, 4.69) is 42.8 Å². The van der Waals surface area contributed by atoms with Crippen molar-refractivity contribution in [1.82, 2.24) is 24.8 Å². The zero-order chi connectivity index (χ0) is 21.4. The summed E-state index contributed by atoms with van der Waals surface area (Å²) in [5.41, 5.74) is 0.891. The number of anilines is 2. The molecule has 2 aromatic heterocycles. The second-order valence-corrected chi connectivity index (χ2v) is 9.22. The quantitative estimate of drug-likeness (QED) is 0.622. The lowest BCUT2D eigenvalue weighted by Crippen LogP contribution is -2.49. The fraction of sp³-hybridized carbons (Fsp3) is 0.455. The van der Waals surface area contributed by atoms with E-state index in [1.165, 1.54) is 11.3 Å². The van der Waals surface area contributed by atoms with Crippen molar-refractivity contribution in [3.63, 3.8) is 0 Å². The number of piperazine rings is 2. The van der Waals surface area contributed by atoms with Crippen LogP contribution in [0, 0.1) is 6.92 Å². The van der Waals surface area contributed by atoms with Gasteiger partial charge >= 0.3 is 0 Å². The highest BCUT2D eigenvalue weighted by Gasteiger charge is 2.26. The Morgan fingerprint density at radius 3 is 2.13 bits per heavy atom. The van der Waals surface area contributed by atoms with Crippen LogP contribution < -0.4 is 9.80 Å². The molecule has 9 heteroatoms. The molecular formula is C22H27N7OS. The molecule has 2 aliphatic rings. The van der Waals surface area contributed by atoms with E-state index >= 15 is 0 Å². The van der Waals surface area contributed by atoms with E-state index in [0.29, 0.717) is 18.1 Å². The Morgan fingerprint density at radius 2 is 1.48 bits per heavy atom. The van der Waals surface area contributed by atoms with E-state index in [-0.39, 0.29) is 5.91 Å². The third-order valence-corrected chi connectivity index (χ3v) is 7.03. The molecule has 0 spiro atoms. The minimum atomic E-state index is 0.0258. The van der Waals surface area contributed by atoms with Gasteiger partial charge in [0.1, 0.15) is 17.5 Å². The van der Waals surface area contributed by atoms with Crippen LogP contribution in [0.5, 0.6) is 0 Å². The van der Waals surface area contributed by atoms with E-state index in [0.717, 1.165) is 66.9 Å². The summed E-state index contributed by atoms with van der Waals surface area (Å²) in [5, 5.41) is 0.574. The molecule has 0 saturated carbocycles. The summed E-state index contributed by atoms with van der Waals surface area (Å²) in [6.45, 7) is 8.87. The van der Waals surface area contributed by atoms with E-state index in [9.17, 15) is 4.79 Å². The molecule has 31 heavy (non-hydrogen) atoms. The van der Waals surface area contributed by atoms with Gasteiger partial charge in [0.05, 0.1) is 10.2 Å². The molecule has 2 saturated heterocycles. The second-order valence-electron chi connectivity index (χ2n) is 8.19. The molecule has 0 bridgehead atoms. The number of hydrogen-bond acceptors (Lipinski definition) is 8. The first kappa shape index (κ1) is 20.1. The summed E-state index contributed by atoms with van der Waals surface area (Å²) < 4.78 is 1.05. The van der Waals surface area contributed by atoms with Gasteiger partial charge in [-0.25, -0.2) is 15.0 Å². The molecule has 5 rings (SSSR count). The number of para-hydroxylation sites is 1. The minimum Gasteiger partial charge on any atom is -0.354 e. The van der Waals surface area contributed by atoms with Crippen molar-refractivity contribution in [3.05, 3.63) is 41.2 Å². The number of carbonyl (C=O) groups excluding carboxylic acids is 1. The smallest absolute Gasteiger partial charge is 0.282 e. The first-order chi connectivity index (χ1) is 15.1. The number of thiazole rings is 1. The lowest BCUT2D eigenvalue weighted by molar-refractivity contribution is 0.0746. The zero-order valence-corrected chi connectivity index (χ0v) is 18.8. The predicted octanol–water partition coefficient (Wildman–Crippen LogP) is 2.11. The zero-order valence-electron chi connectivity index (χ0n) is 18.0. The van der Waals surface area contributed by atoms with Gasteiger partial charge in [0, 0.05) is 58.4 Å². The molecular weight excluding hydrogens is 410 g/mol. The number of hydrogen-bond donors (Lipinski definition) is 0. The van der Waals surface area contributed by atoms with Crippen LogP contribution >= 0.6 is 11.3 Å². The van der Waals surface area contributed by atoms with Crippen molar-refractivity contribution < 1.29 is 4.79 Å². The first-order valence-corrected chi connectivity index (χ1v) is 11.6. The summed E-state index contributed by atoms with van der Waals surface area (Å²) in [4.78, 5) is 35.7. The lowest BCUT2D eigenvalue weighted by atomic mass is 10.3. The number of aromatic nitrogens is 3. The van der Waals surface area contributed by atoms with Gasteiger partial charge in [-0.15, -0.1) is 11.3 Å². The van der Waals surface area contributed by atoms with Crippen molar-refractivity contribution >= 4 is 39.1 Å². The second kappa shape index (κ2) is 8.39. The molecule has 2 fully saturated rings. The van der Waals surface area contributed by atoms with Crippen LogP contribution in [0.1, 0.15) is 15.6 Å². The van der Waals surface area contributed by atoms with Gasteiger partial charge in [0.15, 0.2) is 5.01 Å². The molecule has 162 valence electrons. The summed E-state index contributed by atoms with van der Waals surface area (Å²) in [6.07, 6.45) is 0. The van der Waals surface area contributed by atoms with Crippen LogP contribution in [-0.4, -0.2) is 90.1 Å². The molecule has 0 N–H and O–H groups in total. The number of amides is 1. The van der Waals surface area contributed by atoms with Gasteiger partial charge in [-0.05, 0) is 26.1 Å². The molecule has 1 aromatic carbocycles. The van der Waals surface area contributed by atoms with Crippen LogP contribution in [-0.2, 0) is 0 Å². The highest BCUT2D eigenvalue weighted by Crippen LogP contribution is 2.25. The SMILES string of the molecule is Cc1nc(N2CCN(C)CC2)cc(N2CCN(C(=O)c3nc4ccccc4s3)CC2)n1. The maximum Gasteiger partial charge on any atom is 0.282 e. The van der Waals surface area contributed by atoms with E-state index < -0.39 is 0 Å². The summed E-state index contributed by atoms with van der Waals surface area (Å²) >= 11 is 1.47. The van der Waals surface area contributed by atoms with Crippen LogP contribution in [0.2, 0.25) is 0 Å². The number of nitrogens with zero attached hydrogens (tertiary/aromatic N) is 7. The van der Waals surface area contributed by atoms with Crippen molar-refractivity contribution in [1.29, 1.82) is 0 Å². The number of benzene rings is 1. The highest BCUT2D eigenvalue weighted by atomic mass is 32.1. The van der Waals surface area contributed by atoms with Crippen molar-refractivity contribution in [2.45, 2.75) is 6.92 Å². The Bertz CT molecular complexity index is 1050. The van der Waals surface area contributed by atoms with Gasteiger partial charge in [0.25, 0.3) is 5.91 Å². The Hall–Kier alpha value is -2.78. The maximum absolute atomic E-state index is 13.0. The van der Waals surface area contributed by atoms with E-state index in [1.807, 2.05) is 36.1 Å². The summed E-state index contributed by atoms with van der Waals surface area (Å²) in [7, 11) is 2.16. The largest absolute Gasteiger partial charge is 0.354 e. The number of carbonyl (C=O) groups is 1. The Kier molecular flexibility index (Phi) is 5.45. The van der Waals surface area contributed by atoms with Crippen molar-refractivity contribution in [2.24, 2.45) is 0 Å². The highest BCUT2D eigenvalue weighted by molar-refractivity contribution is 7.20. The molecule has 1 amide bonds. The van der Waals surface area contributed by atoms with E-state index in [1.54, 1.807) is 0 Å². The molecule has 8 nitrogen and oxygen atoms in total. The average molecular weight is 438 g/mol. The van der Waals surface area contributed by atoms with Crippen molar-refractivity contribution in [2.75, 3.05) is 69.2 Å². The third-order valence-electron chi connectivity index (χ3n) is 6.01. The Balaban J connectivity index is 1.26. The molecule has 2 aliphatic heterocycles. The van der Waals surface area contributed by atoms with Gasteiger partial charge < -0.3 is 19.6 Å². The number of fused-ring (bicyclic) bond motifs is 1. The molecule has 4 heterocycles. The van der Waals surface area contributed by atoms with Crippen LogP contribution in [0.15, 0.2) is 30.3 Å².